The van der Waals surface area contributed by atoms with Crippen LogP contribution >= 0.6 is 11.3 Å². The summed E-state index contributed by atoms with van der Waals surface area (Å²) in [5, 5.41) is 10.6. The number of nitrogens with zero attached hydrogens (tertiary/aromatic N) is 4. The molecular weight excluding hydrogens is 338 g/mol. The lowest BCUT2D eigenvalue weighted by atomic mass is 10.2. The zero-order valence-corrected chi connectivity index (χ0v) is 14.0. The van der Waals surface area contributed by atoms with Crippen molar-refractivity contribution < 1.29 is 9.53 Å². The molecule has 0 saturated heterocycles. The van der Waals surface area contributed by atoms with Gasteiger partial charge >= 0.3 is 0 Å². The molecule has 1 N–H and O–H groups in total. The molecule has 0 unspecified atom stereocenters. The zero-order chi connectivity index (χ0) is 17.2. The van der Waals surface area contributed by atoms with E-state index in [1.807, 2.05) is 17.7 Å². The maximum absolute atomic E-state index is 12.0. The summed E-state index contributed by atoms with van der Waals surface area (Å²) in [4.78, 5) is 20.4. The third kappa shape index (κ3) is 3.20. The SMILES string of the molecule is Cc1cc(Oc2ccc(NC(=O)c3ccsc3)cc2)n2ncnc2n1. The molecule has 3 heterocycles. The van der Waals surface area contributed by atoms with Crippen LogP contribution < -0.4 is 10.1 Å². The van der Waals surface area contributed by atoms with E-state index in [0.29, 0.717) is 28.7 Å². The van der Waals surface area contributed by atoms with Crippen molar-refractivity contribution in [2.24, 2.45) is 0 Å². The Morgan fingerprint density at radius 1 is 1.24 bits per heavy atom. The molecule has 4 aromatic rings. The number of thiophene rings is 1. The number of amides is 1. The number of aryl methyl sites for hydroxylation is 1. The van der Waals surface area contributed by atoms with Crippen molar-refractivity contribution in [3.8, 4) is 11.6 Å². The van der Waals surface area contributed by atoms with Crippen molar-refractivity contribution in [2.75, 3.05) is 5.32 Å². The van der Waals surface area contributed by atoms with E-state index in [4.69, 9.17) is 4.74 Å². The number of hydrogen-bond acceptors (Lipinski definition) is 6. The average Bonchev–Trinajstić information content (AvgIpc) is 3.27. The molecule has 0 atom stereocenters. The van der Waals surface area contributed by atoms with E-state index in [1.165, 1.54) is 22.2 Å². The lowest BCUT2D eigenvalue weighted by Gasteiger charge is -2.09. The molecule has 7 nitrogen and oxygen atoms in total. The lowest BCUT2D eigenvalue weighted by Crippen LogP contribution is -2.10. The van der Waals surface area contributed by atoms with E-state index in [9.17, 15) is 4.79 Å². The van der Waals surface area contributed by atoms with Crippen molar-refractivity contribution >= 4 is 28.7 Å². The predicted octanol–water partition coefficient (Wildman–Crippen LogP) is 3.54. The van der Waals surface area contributed by atoms with Gasteiger partial charge in [0.2, 0.25) is 5.88 Å². The molecule has 0 spiro atoms. The molecule has 0 aliphatic heterocycles. The monoisotopic (exact) mass is 351 g/mol. The number of anilines is 1. The van der Waals surface area contributed by atoms with Crippen LogP contribution in [0.15, 0.2) is 53.5 Å². The minimum absolute atomic E-state index is 0.135. The molecule has 3 aromatic heterocycles. The summed E-state index contributed by atoms with van der Waals surface area (Å²) in [6, 6.07) is 10.7. The molecule has 4 rings (SSSR count). The maximum Gasteiger partial charge on any atom is 0.256 e. The Kier molecular flexibility index (Phi) is 3.87. The van der Waals surface area contributed by atoms with Gasteiger partial charge in [0.05, 0.1) is 5.56 Å². The highest BCUT2D eigenvalue weighted by Crippen LogP contribution is 2.24. The van der Waals surface area contributed by atoms with E-state index in [2.05, 4.69) is 20.4 Å². The third-order valence-corrected chi connectivity index (χ3v) is 4.15. The molecule has 0 aliphatic carbocycles. The van der Waals surface area contributed by atoms with E-state index < -0.39 is 0 Å². The van der Waals surface area contributed by atoms with Crippen LogP contribution in [0, 0.1) is 6.92 Å². The van der Waals surface area contributed by atoms with Gasteiger partial charge in [-0.15, -0.1) is 0 Å². The topological polar surface area (TPSA) is 81.4 Å². The fourth-order valence-electron chi connectivity index (χ4n) is 2.29. The van der Waals surface area contributed by atoms with Gasteiger partial charge in [-0.05, 0) is 42.6 Å². The molecule has 1 aromatic carbocycles. The quantitative estimate of drug-likeness (QED) is 0.608. The van der Waals surface area contributed by atoms with Gasteiger partial charge in [0.25, 0.3) is 11.7 Å². The lowest BCUT2D eigenvalue weighted by molar-refractivity contribution is 0.102. The summed E-state index contributed by atoms with van der Waals surface area (Å²) >= 11 is 1.49. The Labute approximate surface area is 146 Å². The van der Waals surface area contributed by atoms with Crippen LogP contribution in [0.1, 0.15) is 16.1 Å². The smallest absolute Gasteiger partial charge is 0.256 e. The number of nitrogens with one attached hydrogen (secondary N) is 1. The van der Waals surface area contributed by atoms with Crippen molar-refractivity contribution in [1.29, 1.82) is 0 Å². The fraction of sp³-hybridized carbons (Fsp3) is 0.0588. The summed E-state index contributed by atoms with van der Waals surface area (Å²) in [5.74, 6) is 1.49. The highest BCUT2D eigenvalue weighted by Gasteiger charge is 2.09. The van der Waals surface area contributed by atoms with Gasteiger partial charge in [0.15, 0.2) is 0 Å². The predicted molar refractivity (Wildman–Crippen MR) is 94.3 cm³/mol. The van der Waals surface area contributed by atoms with Crippen molar-refractivity contribution in [1.82, 2.24) is 19.6 Å². The molecule has 1 amide bonds. The Bertz CT molecular complexity index is 1030. The summed E-state index contributed by atoms with van der Waals surface area (Å²) in [6.45, 7) is 1.87. The molecule has 8 heteroatoms. The fourth-order valence-corrected chi connectivity index (χ4v) is 2.93. The van der Waals surface area contributed by atoms with Crippen molar-refractivity contribution in [3.05, 3.63) is 64.7 Å². The largest absolute Gasteiger partial charge is 0.439 e. The maximum atomic E-state index is 12.0. The van der Waals surface area contributed by atoms with Crippen LogP contribution in [-0.2, 0) is 0 Å². The first-order valence-electron chi connectivity index (χ1n) is 7.48. The van der Waals surface area contributed by atoms with Crippen LogP contribution in [0.2, 0.25) is 0 Å². The van der Waals surface area contributed by atoms with Gasteiger partial charge in [-0.2, -0.15) is 25.9 Å². The van der Waals surface area contributed by atoms with Crippen LogP contribution in [0.4, 0.5) is 5.69 Å². The Morgan fingerprint density at radius 2 is 2.08 bits per heavy atom. The molecule has 124 valence electrons. The summed E-state index contributed by atoms with van der Waals surface area (Å²) in [6.07, 6.45) is 1.43. The Morgan fingerprint density at radius 3 is 2.84 bits per heavy atom. The van der Waals surface area contributed by atoms with E-state index in [0.717, 1.165) is 5.69 Å². The van der Waals surface area contributed by atoms with Crippen molar-refractivity contribution in [3.63, 3.8) is 0 Å². The molecule has 0 saturated carbocycles. The first kappa shape index (κ1) is 15.3. The Hall–Kier alpha value is -3.26. The molecule has 25 heavy (non-hydrogen) atoms. The van der Waals surface area contributed by atoms with E-state index in [-0.39, 0.29) is 5.91 Å². The van der Waals surface area contributed by atoms with Crippen LogP contribution in [0.25, 0.3) is 5.78 Å². The van der Waals surface area contributed by atoms with E-state index in [1.54, 1.807) is 36.4 Å². The number of carbonyl (C=O) groups excluding carboxylic acids is 1. The number of rotatable bonds is 4. The number of aromatic nitrogens is 4. The van der Waals surface area contributed by atoms with Crippen LogP contribution in [0.5, 0.6) is 11.6 Å². The third-order valence-electron chi connectivity index (χ3n) is 3.47. The second-order valence-corrected chi connectivity index (χ2v) is 6.08. The molecule has 0 fully saturated rings. The summed E-state index contributed by atoms with van der Waals surface area (Å²) in [7, 11) is 0. The van der Waals surface area contributed by atoms with Gasteiger partial charge in [0, 0.05) is 22.8 Å². The van der Waals surface area contributed by atoms with Crippen molar-refractivity contribution in [2.45, 2.75) is 6.92 Å². The minimum Gasteiger partial charge on any atom is -0.439 e. The number of benzene rings is 1. The zero-order valence-electron chi connectivity index (χ0n) is 13.2. The Balaban J connectivity index is 1.52. The minimum atomic E-state index is -0.135. The summed E-state index contributed by atoms with van der Waals surface area (Å²) in [5.41, 5.74) is 2.13. The van der Waals surface area contributed by atoms with Crippen LogP contribution in [-0.4, -0.2) is 25.5 Å². The van der Waals surface area contributed by atoms with Gasteiger partial charge in [0.1, 0.15) is 12.1 Å². The first-order chi connectivity index (χ1) is 12.2. The first-order valence-corrected chi connectivity index (χ1v) is 8.42. The number of carbonyl (C=O) groups is 1. The second kappa shape index (κ2) is 6.33. The number of ether oxygens (including phenoxy) is 1. The number of hydrogen-bond donors (Lipinski definition) is 1. The summed E-state index contributed by atoms with van der Waals surface area (Å²) < 4.78 is 7.40. The standard InChI is InChI=1S/C17H13N5O2S/c1-11-8-15(22-17(20-11)18-10-19-22)24-14-4-2-13(3-5-14)21-16(23)12-6-7-25-9-12/h2-10H,1H3,(H,21,23). The van der Waals surface area contributed by atoms with Gasteiger partial charge in [-0.3, -0.25) is 4.79 Å². The van der Waals surface area contributed by atoms with Crippen LogP contribution in [0.3, 0.4) is 0 Å². The molecular formula is C17H13N5O2S. The molecule has 0 bridgehead atoms. The number of fused-ring (bicyclic) bond motifs is 1. The molecule has 0 aliphatic rings. The highest BCUT2D eigenvalue weighted by atomic mass is 32.1. The average molecular weight is 351 g/mol. The van der Waals surface area contributed by atoms with E-state index >= 15 is 0 Å². The van der Waals surface area contributed by atoms with Gasteiger partial charge in [-0.1, -0.05) is 0 Å². The van der Waals surface area contributed by atoms with Gasteiger partial charge in [-0.25, -0.2) is 4.98 Å². The van der Waals surface area contributed by atoms with Gasteiger partial charge < -0.3 is 10.1 Å². The second-order valence-electron chi connectivity index (χ2n) is 5.30. The normalized spacial score (nSPS) is 10.8. The highest BCUT2D eigenvalue weighted by molar-refractivity contribution is 7.08. The molecule has 0 radical (unpaired) electrons.